The normalized spacial score (nSPS) is 12.1. The summed E-state index contributed by atoms with van der Waals surface area (Å²) in [4.78, 5) is 9.22. The van der Waals surface area contributed by atoms with E-state index in [9.17, 15) is 4.57 Å². The van der Waals surface area contributed by atoms with Crippen molar-refractivity contribution >= 4 is 34.4 Å². The van der Waals surface area contributed by atoms with Crippen LogP contribution in [-0.2, 0) is 19.8 Å². The molecule has 0 aliphatic rings. The minimum atomic E-state index is -3.25. The van der Waals surface area contributed by atoms with E-state index < -0.39 is 7.60 Å². The minimum Gasteiger partial charge on any atom is -0.480 e. The first kappa shape index (κ1) is 22.9. The largest absolute Gasteiger partial charge is 0.480 e. The number of aromatic nitrogens is 2. The zero-order valence-electron chi connectivity index (χ0n) is 17.8. The monoisotopic (exact) mass is 492 g/mol. The third-order valence-corrected chi connectivity index (χ3v) is 6.88. The Kier molecular flexibility index (Phi) is 7.30. The van der Waals surface area contributed by atoms with Crippen LogP contribution in [0, 0.1) is 0 Å². The molecule has 0 aliphatic heterocycles. The molecule has 0 spiro atoms. The number of ether oxygens (including phenoxy) is 1. The van der Waals surface area contributed by atoms with E-state index in [1.807, 2.05) is 70.2 Å². The zero-order chi connectivity index (χ0) is 21.9. The van der Waals surface area contributed by atoms with Crippen molar-refractivity contribution in [3.8, 4) is 17.3 Å². The van der Waals surface area contributed by atoms with E-state index in [2.05, 4.69) is 25.9 Å². The summed E-state index contributed by atoms with van der Waals surface area (Å²) in [5.41, 5.74) is 2.50. The fourth-order valence-electron chi connectivity index (χ4n) is 3.08. The Labute approximate surface area is 185 Å². The van der Waals surface area contributed by atoms with Crippen molar-refractivity contribution in [2.45, 2.75) is 46.1 Å². The first-order valence-electron chi connectivity index (χ1n) is 9.75. The highest BCUT2D eigenvalue weighted by Gasteiger charge is 2.28. The first-order valence-corrected chi connectivity index (χ1v) is 12.3. The van der Waals surface area contributed by atoms with Crippen molar-refractivity contribution in [3.63, 3.8) is 0 Å². The predicted octanol–water partition coefficient (Wildman–Crippen LogP) is 6.61. The Hall–Kier alpha value is -1.79. The molecule has 0 bridgehead atoms. The fourth-order valence-corrected chi connectivity index (χ4v) is 5.58. The lowest BCUT2D eigenvalue weighted by Crippen LogP contribution is -2.09. The van der Waals surface area contributed by atoms with Crippen LogP contribution in [0.4, 0.5) is 0 Å². The van der Waals surface area contributed by atoms with Crippen molar-refractivity contribution in [2.75, 3.05) is 7.11 Å². The highest BCUT2D eigenvalue weighted by atomic mass is 79.9. The van der Waals surface area contributed by atoms with E-state index in [0.29, 0.717) is 11.7 Å². The summed E-state index contributed by atoms with van der Waals surface area (Å²) in [6.07, 6.45) is -0.167. The molecule has 0 amide bonds. The van der Waals surface area contributed by atoms with Crippen molar-refractivity contribution in [1.29, 1.82) is 0 Å². The second kappa shape index (κ2) is 9.56. The molecule has 0 saturated carbocycles. The molecule has 3 rings (SSSR count). The molecule has 0 radical (unpaired) electrons. The van der Waals surface area contributed by atoms with Gasteiger partial charge in [0.2, 0.25) is 5.88 Å². The third kappa shape index (κ3) is 5.67. The Balaban J connectivity index is 1.90. The molecule has 0 N–H and O–H groups in total. The molecule has 160 valence electrons. The number of fused-ring (bicyclic) bond motifs is 1. The molecule has 0 fully saturated rings. The van der Waals surface area contributed by atoms with Crippen LogP contribution in [0.15, 0.2) is 46.9 Å². The Bertz CT molecular complexity index is 1060. The number of rotatable bonds is 8. The minimum absolute atomic E-state index is 0.188. The van der Waals surface area contributed by atoms with Crippen molar-refractivity contribution in [3.05, 3.63) is 52.5 Å². The van der Waals surface area contributed by atoms with E-state index in [0.717, 1.165) is 26.5 Å². The van der Waals surface area contributed by atoms with Gasteiger partial charge in [-0.15, -0.1) is 0 Å². The lowest BCUT2D eigenvalue weighted by atomic mass is 10.1. The van der Waals surface area contributed by atoms with E-state index >= 15 is 0 Å². The van der Waals surface area contributed by atoms with Gasteiger partial charge in [-0.3, -0.25) is 4.57 Å². The maximum atomic E-state index is 13.1. The standard InChI is InChI=1S/C22H26BrN2O4P/c1-14(2)28-30(26,29-15(3)4)13-16-6-8-17(9-7-16)21-24-20-11-10-18(23)12-19(20)22(25-21)27-5/h6-12,14-15H,13H2,1-5H3. The van der Waals surface area contributed by atoms with Crippen molar-refractivity contribution in [2.24, 2.45) is 0 Å². The lowest BCUT2D eigenvalue weighted by molar-refractivity contribution is 0.141. The van der Waals surface area contributed by atoms with Gasteiger partial charge in [-0.2, -0.15) is 4.98 Å². The van der Waals surface area contributed by atoms with Crippen molar-refractivity contribution in [1.82, 2.24) is 9.97 Å². The molecule has 30 heavy (non-hydrogen) atoms. The van der Waals surface area contributed by atoms with E-state index in [1.54, 1.807) is 7.11 Å². The smallest absolute Gasteiger partial charge is 0.335 e. The summed E-state index contributed by atoms with van der Waals surface area (Å²) >= 11 is 3.47. The predicted molar refractivity (Wildman–Crippen MR) is 123 cm³/mol. The van der Waals surface area contributed by atoms with Gasteiger partial charge in [-0.25, -0.2) is 4.98 Å². The lowest BCUT2D eigenvalue weighted by Gasteiger charge is -2.23. The topological polar surface area (TPSA) is 70.5 Å². The van der Waals surface area contributed by atoms with E-state index in [4.69, 9.17) is 13.8 Å². The number of methoxy groups -OCH3 is 1. The molecule has 3 aromatic rings. The maximum Gasteiger partial charge on any atom is 0.335 e. The Morgan fingerprint density at radius 3 is 2.17 bits per heavy atom. The van der Waals surface area contributed by atoms with Crippen LogP contribution in [0.25, 0.3) is 22.3 Å². The van der Waals surface area contributed by atoms with Crippen LogP contribution in [0.3, 0.4) is 0 Å². The van der Waals surface area contributed by atoms with E-state index in [1.165, 1.54) is 0 Å². The average molecular weight is 493 g/mol. The van der Waals surface area contributed by atoms with Gasteiger partial charge in [0.15, 0.2) is 5.82 Å². The molecule has 8 heteroatoms. The molecular weight excluding hydrogens is 467 g/mol. The number of hydrogen-bond acceptors (Lipinski definition) is 6. The first-order chi connectivity index (χ1) is 14.2. The van der Waals surface area contributed by atoms with Crippen LogP contribution < -0.4 is 4.74 Å². The van der Waals surface area contributed by atoms with Gasteiger partial charge in [-0.1, -0.05) is 40.2 Å². The molecule has 0 aliphatic carbocycles. The summed E-state index contributed by atoms with van der Waals surface area (Å²) in [6, 6.07) is 13.4. The van der Waals surface area contributed by atoms with Crippen LogP contribution in [0.2, 0.25) is 0 Å². The quantitative estimate of drug-likeness (QED) is 0.329. The van der Waals surface area contributed by atoms with Crippen LogP contribution >= 0.6 is 23.5 Å². The van der Waals surface area contributed by atoms with Crippen LogP contribution in [0.5, 0.6) is 5.88 Å². The van der Waals surface area contributed by atoms with Gasteiger partial charge in [0.05, 0.1) is 36.4 Å². The zero-order valence-corrected chi connectivity index (χ0v) is 20.2. The summed E-state index contributed by atoms with van der Waals surface area (Å²) < 4.78 is 30.8. The van der Waals surface area contributed by atoms with Crippen molar-refractivity contribution < 1.29 is 18.3 Å². The SMILES string of the molecule is COc1nc(-c2ccc(CP(=O)(OC(C)C)OC(C)C)cc2)nc2ccc(Br)cc12. The molecule has 1 heterocycles. The maximum absolute atomic E-state index is 13.1. The second-order valence-corrected chi connectivity index (χ2v) is 10.4. The van der Waals surface area contributed by atoms with Crippen LogP contribution in [-0.4, -0.2) is 29.3 Å². The summed E-state index contributed by atoms with van der Waals surface area (Å²) in [5.74, 6) is 1.08. The Morgan fingerprint density at radius 1 is 0.967 bits per heavy atom. The number of benzene rings is 2. The average Bonchev–Trinajstić information content (AvgIpc) is 2.66. The Morgan fingerprint density at radius 2 is 1.60 bits per heavy atom. The second-order valence-electron chi connectivity index (χ2n) is 7.49. The van der Waals surface area contributed by atoms with Gasteiger partial charge in [0.25, 0.3) is 0 Å². The van der Waals surface area contributed by atoms with Gasteiger partial charge >= 0.3 is 7.60 Å². The van der Waals surface area contributed by atoms with Gasteiger partial charge in [0.1, 0.15) is 0 Å². The number of nitrogens with zero attached hydrogens (tertiary/aromatic N) is 2. The van der Waals surface area contributed by atoms with E-state index in [-0.39, 0.29) is 18.4 Å². The molecule has 2 aromatic carbocycles. The van der Waals surface area contributed by atoms with Crippen LogP contribution in [0.1, 0.15) is 33.3 Å². The molecule has 0 atom stereocenters. The highest BCUT2D eigenvalue weighted by molar-refractivity contribution is 9.10. The summed E-state index contributed by atoms with van der Waals surface area (Å²) in [7, 11) is -1.65. The van der Waals surface area contributed by atoms with Gasteiger partial charge in [-0.05, 0) is 51.5 Å². The molecule has 1 aromatic heterocycles. The number of hydrogen-bond donors (Lipinski definition) is 0. The summed E-state index contributed by atoms with van der Waals surface area (Å²) in [6.45, 7) is 7.40. The molecular formula is C22H26BrN2O4P. The molecule has 6 nitrogen and oxygen atoms in total. The molecule has 0 saturated heterocycles. The van der Waals surface area contributed by atoms with Gasteiger partial charge in [0, 0.05) is 10.0 Å². The third-order valence-electron chi connectivity index (χ3n) is 4.15. The fraction of sp³-hybridized carbons (Fsp3) is 0.364. The number of halogens is 1. The molecule has 0 unspecified atom stereocenters. The summed E-state index contributed by atoms with van der Waals surface area (Å²) in [5, 5.41) is 0.838. The highest BCUT2D eigenvalue weighted by Crippen LogP contribution is 2.53. The van der Waals surface area contributed by atoms with Gasteiger partial charge < -0.3 is 13.8 Å².